The molecule has 2 N–H and O–H groups in total. The van der Waals surface area contributed by atoms with Gasteiger partial charge in [0.1, 0.15) is 17.8 Å². The van der Waals surface area contributed by atoms with Gasteiger partial charge in [-0.25, -0.2) is 9.97 Å². The van der Waals surface area contributed by atoms with Gasteiger partial charge in [-0.15, -0.1) is 0 Å². The SMILES string of the molecule is O=CN1CCCC(Nc2ncnc3[nH]cc(C4CC4)c23)C1. The number of nitrogens with zero attached hydrogens (tertiary/aromatic N) is 3. The Labute approximate surface area is 123 Å². The minimum atomic E-state index is 0.268. The van der Waals surface area contributed by atoms with Crippen molar-refractivity contribution in [2.45, 2.75) is 37.6 Å². The van der Waals surface area contributed by atoms with Crippen molar-refractivity contribution >= 4 is 23.3 Å². The van der Waals surface area contributed by atoms with Gasteiger partial charge in [0.25, 0.3) is 0 Å². The Morgan fingerprint density at radius 1 is 1.33 bits per heavy atom. The van der Waals surface area contributed by atoms with Crippen molar-refractivity contribution in [1.29, 1.82) is 0 Å². The van der Waals surface area contributed by atoms with Gasteiger partial charge in [-0.1, -0.05) is 0 Å². The smallest absolute Gasteiger partial charge is 0.209 e. The van der Waals surface area contributed by atoms with E-state index in [1.165, 1.54) is 18.4 Å². The van der Waals surface area contributed by atoms with Crippen molar-refractivity contribution in [3.63, 3.8) is 0 Å². The number of H-pyrrole nitrogens is 1. The van der Waals surface area contributed by atoms with Crippen molar-refractivity contribution in [2.24, 2.45) is 0 Å². The van der Waals surface area contributed by atoms with Crippen LogP contribution in [0.25, 0.3) is 11.0 Å². The normalized spacial score (nSPS) is 22.5. The molecule has 2 aliphatic rings. The summed E-state index contributed by atoms with van der Waals surface area (Å²) in [5, 5.41) is 4.65. The molecule has 6 nitrogen and oxygen atoms in total. The molecule has 0 radical (unpaired) electrons. The van der Waals surface area contributed by atoms with E-state index < -0.39 is 0 Å². The van der Waals surface area contributed by atoms with E-state index >= 15 is 0 Å². The maximum atomic E-state index is 10.9. The third kappa shape index (κ3) is 2.34. The lowest BCUT2D eigenvalue weighted by Crippen LogP contribution is -2.41. The Balaban J connectivity index is 1.63. The van der Waals surface area contributed by atoms with E-state index in [1.807, 2.05) is 4.90 Å². The number of aromatic amines is 1. The third-order valence-corrected chi connectivity index (χ3v) is 4.46. The predicted octanol–water partition coefficient (Wildman–Crippen LogP) is 1.87. The summed E-state index contributed by atoms with van der Waals surface area (Å²) in [5.41, 5.74) is 2.23. The summed E-state index contributed by atoms with van der Waals surface area (Å²) < 4.78 is 0. The van der Waals surface area contributed by atoms with Crippen LogP contribution in [0.2, 0.25) is 0 Å². The van der Waals surface area contributed by atoms with Crippen LogP contribution >= 0.6 is 0 Å². The quantitative estimate of drug-likeness (QED) is 0.841. The number of nitrogens with one attached hydrogen (secondary N) is 2. The van der Waals surface area contributed by atoms with Gasteiger partial charge in [-0.2, -0.15) is 0 Å². The van der Waals surface area contributed by atoms with Crippen LogP contribution in [0.1, 0.15) is 37.2 Å². The largest absolute Gasteiger partial charge is 0.365 e. The molecular formula is C15H19N5O. The van der Waals surface area contributed by atoms with Crippen LogP contribution in [0.4, 0.5) is 5.82 Å². The highest BCUT2D eigenvalue weighted by Gasteiger charge is 2.28. The summed E-state index contributed by atoms with van der Waals surface area (Å²) in [5.74, 6) is 1.56. The fourth-order valence-corrected chi connectivity index (χ4v) is 3.23. The number of amides is 1. The predicted molar refractivity (Wildman–Crippen MR) is 80.1 cm³/mol. The number of hydrogen-bond donors (Lipinski definition) is 2. The standard InChI is InChI=1S/C15H19N5O/c21-9-20-5-1-2-11(7-20)19-15-13-12(10-3-4-10)6-16-14(13)17-8-18-15/h6,8-11H,1-5,7H2,(H2,16,17,18,19). The van der Waals surface area contributed by atoms with Gasteiger partial charge in [0.2, 0.25) is 6.41 Å². The molecule has 6 heteroatoms. The van der Waals surface area contributed by atoms with Crippen LogP contribution in [0, 0.1) is 0 Å². The van der Waals surface area contributed by atoms with E-state index in [-0.39, 0.29) is 6.04 Å². The monoisotopic (exact) mass is 285 g/mol. The van der Waals surface area contributed by atoms with E-state index in [4.69, 9.17) is 0 Å². The summed E-state index contributed by atoms with van der Waals surface area (Å²) in [6.45, 7) is 1.61. The minimum Gasteiger partial charge on any atom is -0.365 e. The molecule has 0 bridgehead atoms. The van der Waals surface area contributed by atoms with Gasteiger partial charge in [0.05, 0.1) is 5.39 Å². The molecule has 1 aliphatic heterocycles. The average Bonchev–Trinajstić information content (AvgIpc) is 3.27. The highest BCUT2D eigenvalue weighted by molar-refractivity contribution is 5.91. The summed E-state index contributed by atoms with van der Waals surface area (Å²) >= 11 is 0. The molecule has 3 heterocycles. The number of carbonyl (C=O) groups excluding carboxylic acids is 1. The molecule has 1 saturated carbocycles. The van der Waals surface area contributed by atoms with Crippen LogP contribution in [0.3, 0.4) is 0 Å². The van der Waals surface area contributed by atoms with Crippen LogP contribution < -0.4 is 5.32 Å². The van der Waals surface area contributed by atoms with Crippen molar-refractivity contribution in [3.05, 3.63) is 18.1 Å². The minimum absolute atomic E-state index is 0.268. The van der Waals surface area contributed by atoms with E-state index in [0.29, 0.717) is 5.92 Å². The topological polar surface area (TPSA) is 73.9 Å². The zero-order chi connectivity index (χ0) is 14.2. The van der Waals surface area contributed by atoms with Crippen LogP contribution in [-0.2, 0) is 4.79 Å². The number of hydrogen-bond acceptors (Lipinski definition) is 4. The summed E-state index contributed by atoms with van der Waals surface area (Å²) in [6.07, 6.45) is 9.22. The summed E-state index contributed by atoms with van der Waals surface area (Å²) in [6, 6.07) is 0.268. The maximum Gasteiger partial charge on any atom is 0.209 e. The van der Waals surface area contributed by atoms with Gasteiger partial charge < -0.3 is 15.2 Å². The molecule has 1 aliphatic carbocycles. The van der Waals surface area contributed by atoms with E-state index in [0.717, 1.165) is 49.2 Å². The first-order chi connectivity index (χ1) is 10.3. The molecule has 0 aromatic carbocycles. The molecule has 2 fully saturated rings. The molecule has 110 valence electrons. The molecular weight excluding hydrogens is 266 g/mol. The molecule has 2 aromatic rings. The van der Waals surface area contributed by atoms with Crippen LogP contribution in [0.15, 0.2) is 12.5 Å². The highest BCUT2D eigenvalue weighted by atomic mass is 16.1. The highest BCUT2D eigenvalue weighted by Crippen LogP contribution is 2.44. The van der Waals surface area contributed by atoms with Gasteiger partial charge >= 0.3 is 0 Å². The van der Waals surface area contributed by atoms with Crippen molar-refractivity contribution in [1.82, 2.24) is 19.9 Å². The molecule has 1 unspecified atom stereocenters. The van der Waals surface area contributed by atoms with Crippen LogP contribution in [-0.4, -0.2) is 45.4 Å². The number of anilines is 1. The molecule has 2 aromatic heterocycles. The fraction of sp³-hybridized carbons (Fsp3) is 0.533. The number of rotatable bonds is 4. The Morgan fingerprint density at radius 2 is 2.24 bits per heavy atom. The summed E-state index contributed by atoms with van der Waals surface area (Å²) in [7, 11) is 0. The lowest BCUT2D eigenvalue weighted by atomic mass is 10.1. The number of carbonyl (C=O) groups is 1. The lowest BCUT2D eigenvalue weighted by molar-refractivity contribution is -0.119. The Hall–Kier alpha value is -2.11. The number of fused-ring (bicyclic) bond motifs is 1. The third-order valence-electron chi connectivity index (χ3n) is 4.46. The van der Waals surface area contributed by atoms with Crippen molar-refractivity contribution < 1.29 is 4.79 Å². The van der Waals surface area contributed by atoms with Gasteiger partial charge in [-0.05, 0) is 37.2 Å². The number of likely N-dealkylation sites (tertiary alicyclic amines) is 1. The first kappa shape index (κ1) is 12.6. The molecule has 4 rings (SSSR count). The Bertz CT molecular complexity index is 663. The van der Waals surface area contributed by atoms with E-state index in [2.05, 4.69) is 26.5 Å². The van der Waals surface area contributed by atoms with E-state index in [9.17, 15) is 4.79 Å². The van der Waals surface area contributed by atoms with Gasteiger partial charge in [0, 0.05) is 25.3 Å². The molecule has 1 amide bonds. The lowest BCUT2D eigenvalue weighted by Gasteiger charge is -2.30. The van der Waals surface area contributed by atoms with Crippen LogP contribution in [0.5, 0.6) is 0 Å². The zero-order valence-corrected chi connectivity index (χ0v) is 11.9. The summed E-state index contributed by atoms with van der Waals surface area (Å²) in [4.78, 5) is 24.8. The number of aromatic nitrogens is 3. The first-order valence-corrected chi connectivity index (χ1v) is 7.63. The van der Waals surface area contributed by atoms with Crippen molar-refractivity contribution in [3.8, 4) is 0 Å². The second-order valence-corrected chi connectivity index (χ2v) is 6.05. The molecule has 21 heavy (non-hydrogen) atoms. The second-order valence-electron chi connectivity index (χ2n) is 6.05. The fourth-order valence-electron chi connectivity index (χ4n) is 3.23. The van der Waals surface area contributed by atoms with Gasteiger partial charge in [-0.3, -0.25) is 4.79 Å². The molecule has 0 spiro atoms. The second kappa shape index (κ2) is 5.02. The van der Waals surface area contributed by atoms with E-state index in [1.54, 1.807) is 6.33 Å². The maximum absolute atomic E-state index is 10.9. The average molecular weight is 285 g/mol. The first-order valence-electron chi connectivity index (χ1n) is 7.63. The number of piperidine rings is 1. The Kier molecular flexibility index (Phi) is 3.02. The Morgan fingerprint density at radius 3 is 3.05 bits per heavy atom. The molecule has 1 saturated heterocycles. The van der Waals surface area contributed by atoms with Gasteiger partial charge in [0.15, 0.2) is 0 Å². The zero-order valence-electron chi connectivity index (χ0n) is 11.9. The van der Waals surface area contributed by atoms with Crippen molar-refractivity contribution in [2.75, 3.05) is 18.4 Å². The molecule has 1 atom stereocenters.